The van der Waals surface area contributed by atoms with Gasteiger partial charge in [0.1, 0.15) is 0 Å². The van der Waals surface area contributed by atoms with E-state index in [1.807, 2.05) is 43.9 Å². The van der Waals surface area contributed by atoms with Crippen LogP contribution in [0, 0.1) is 19.8 Å². The molecule has 1 aliphatic heterocycles. The molecule has 1 fully saturated rings. The molecule has 1 heterocycles. The summed E-state index contributed by atoms with van der Waals surface area (Å²) in [5, 5.41) is 2.95. The molecule has 22 heavy (non-hydrogen) atoms. The third-order valence-corrected chi connectivity index (χ3v) is 4.54. The van der Waals surface area contributed by atoms with E-state index < -0.39 is 0 Å². The van der Waals surface area contributed by atoms with E-state index in [1.54, 1.807) is 0 Å². The van der Waals surface area contributed by atoms with Crippen LogP contribution in [0.2, 0.25) is 0 Å². The molecule has 1 N–H and O–H groups in total. The summed E-state index contributed by atoms with van der Waals surface area (Å²) < 4.78 is 0. The first-order chi connectivity index (χ1) is 10.5. The monoisotopic (exact) mass is 302 g/mol. The fraction of sp³-hybridized carbons (Fsp3) is 0.556. The lowest BCUT2D eigenvalue weighted by Crippen LogP contribution is -2.43. The van der Waals surface area contributed by atoms with Crippen molar-refractivity contribution in [2.45, 2.75) is 40.0 Å². The van der Waals surface area contributed by atoms with Crippen molar-refractivity contribution >= 4 is 11.8 Å². The van der Waals surface area contributed by atoms with Crippen LogP contribution in [0.1, 0.15) is 47.7 Å². The van der Waals surface area contributed by atoms with Gasteiger partial charge in [-0.15, -0.1) is 0 Å². The van der Waals surface area contributed by atoms with Crippen LogP contribution < -0.4 is 5.32 Å². The molecule has 4 heteroatoms. The molecule has 0 radical (unpaired) electrons. The highest BCUT2D eigenvalue weighted by Crippen LogP contribution is 2.21. The van der Waals surface area contributed by atoms with Crippen molar-refractivity contribution in [3.8, 4) is 0 Å². The van der Waals surface area contributed by atoms with E-state index in [2.05, 4.69) is 5.32 Å². The predicted molar refractivity (Wildman–Crippen MR) is 87.8 cm³/mol. The second-order valence-electron chi connectivity index (χ2n) is 6.10. The number of nitrogens with zero attached hydrogens (tertiary/aromatic N) is 1. The third kappa shape index (κ3) is 3.67. The van der Waals surface area contributed by atoms with E-state index in [0.717, 1.165) is 42.5 Å². The summed E-state index contributed by atoms with van der Waals surface area (Å²) in [6.45, 7) is 8.13. The number of rotatable bonds is 4. The van der Waals surface area contributed by atoms with Gasteiger partial charge in [0.15, 0.2) is 0 Å². The Kier molecular flexibility index (Phi) is 5.58. The summed E-state index contributed by atoms with van der Waals surface area (Å²) in [7, 11) is 0. The maximum absolute atomic E-state index is 12.6. The quantitative estimate of drug-likeness (QED) is 0.929. The Morgan fingerprint density at radius 3 is 2.55 bits per heavy atom. The Bertz CT molecular complexity index is 546. The number of amides is 2. The number of piperidine rings is 1. The number of carbonyl (C=O) groups is 2. The molecule has 2 rings (SSSR count). The first kappa shape index (κ1) is 16.5. The van der Waals surface area contributed by atoms with Gasteiger partial charge in [-0.1, -0.05) is 19.1 Å². The molecule has 4 nitrogen and oxygen atoms in total. The largest absolute Gasteiger partial charge is 0.356 e. The van der Waals surface area contributed by atoms with Gasteiger partial charge in [-0.25, -0.2) is 0 Å². The average molecular weight is 302 g/mol. The van der Waals surface area contributed by atoms with Gasteiger partial charge < -0.3 is 10.2 Å². The van der Waals surface area contributed by atoms with Crippen molar-refractivity contribution < 1.29 is 9.59 Å². The van der Waals surface area contributed by atoms with Crippen molar-refractivity contribution in [1.82, 2.24) is 10.2 Å². The molecule has 0 spiro atoms. The van der Waals surface area contributed by atoms with Gasteiger partial charge in [0.2, 0.25) is 5.91 Å². The topological polar surface area (TPSA) is 49.4 Å². The molecule has 0 aliphatic carbocycles. The smallest absolute Gasteiger partial charge is 0.254 e. The average Bonchev–Trinajstić information content (AvgIpc) is 2.54. The van der Waals surface area contributed by atoms with E-state index in [9.17, 15) is 9.59 Å². The number of nitrogens with one attached hydrogen (secondary N) is 1. The number of benzene rings is 1. The zero-order valence-corrected chi connectivity index (χ0v) is 13.8. The Hall–Kier alpha value is -1.84. The van der Waals surface area contributed by atoms with E-state index in [1.165, 1.54) is 0 Å². The van der Waals surface area contributed by atoms with Crippen molar-refractivity contribution in [3.63, 3.8) is 0 Å². The van der Waals surface area contributed by atoms with Gasteiger partial charge >= 0.3 is 0 Å². The van der Waals surface area contributed by atoms with Crippen LogP contribution in [0.25, 0.3) is 0 Å². The Morgan fingerprint density at radius 2 is 1.91 bits per heavy atom. The van der Waals surface area contributed by atoms with Crippen molar-refractivity contribution in [1.29, 1.82) is 0 Å². The van der Waals surface area contributed by atoms with Crippen LogP contribution in [0.15, 0.2) is 18.2 Å². The van der Waals surface area contributed by atoms with Gasteiger partial charge in [-0.3, -0.25) is 9.59 Å². The number of carbonyl (C=O) groups excluding carboxylic acids is 2. The van der Waals surface area contributed by atoms with Crippen LogP contribution in [0.4, 0.5) is 0 Å². The highest BCUT2D eigenvalue weighted by atomic mass is 16.2. The maximum atomic E-state index is 12.6. The van der Waals surface area contributed by atoms with Crippen LogP contribution in [-0.4, -0.2) is 36.3 Å². The van der Waals surface area contributed by atoms with Crippen molar-refractivity contribution in [3.05, 3.63) is 34.9 Å². The lowest BCUT2D eigenvalue weighted by atomic mass is 9.94. The van der Waals surface area contributed by atoms with E-state index in [0.29, 0.717) is 13.1 Å². The second-order valence-corrected chi connectivity index (χ2v) is 6.10. The van der Waals surface area contributed by atoms with E-state index >= 15 is 0 Å². The molecule has 1 aromatic carbocycles. The van der Waals surface area contributed by atoms with Gasteiger partial charge in [-0.05, 0) is 50.3 Å². The van der Waals surface area contributed by atoms with Crippen LogP contribution in [-0.2, 0) is 4.79 Å². The summed E-state index contributed by atoms with van der Waals surface area (Å²) in [5.41, 5.74) is 2.98. The molecular formula is C18H26N2O2. The lowest BCUT2D eigenvalue weighted by molar-refractivity contribution is -0.126. The van der Waals surface area contributed by atoms with E-state index in [4.69, 9.17) is 0 Å². The van der Waals surface area contributed by atoms with Gasteiger partial charge in [0.25, 0.3) is 5.91 Å². The fourth-order valence-electron chi connectivity index (χ4n) is 2.89. The predicted octanol–water partition coefficient (Wildman–Crippen LogP) is 2.68. The molecule has 2 amide bonds. The lowest BCUT2D eigenvalue weighted by Gasteiger charge is -2.31. The molecule has 120 valence electrons. The molecule has 0 unspecified atom stereocenters. The Balaban J connectivity index is 1.95. The van der Waals surface area contributed by atoms with Gasteiger partial charge in [0.05, 0.1) is 0 Å². The Morgan fingerprint density at radius 1 is 1.23 bits per heavy atom. The molecule has 1 aromatic rings. The number of hydrogen-bond donors (Lipinski definition) is 1. The molecule has 0 aromatic heterocycles. The minimum Gasteiger partial charge on any atom is -0.356 e. The van der Waals surface area contributed by atoms with Crippen molar-refractivity contribution in [2.24, 2.45) is 5.92 Å². The minimum atomic E-state index is 0.0502. The highest BCUT2D eigenvalue weighted by Gasteiger charge is 2.28. The fourth-order valence-corrected chi connectivity index (χ4v) is 2.89. The molecule has 0 bridgehead atoms. The molecule has 1 aliphatic rings. The van der Waals surface area contributed by atoms with Crippen LogP contribution in [0.3, 0.4) is 0 Å². The van der Waals surface area contributed by atoms with Gasteiger partial charge in [0, 0.05) is 31.1 Å². The second kappa shape index (κ2) is 7.43. The maximum Gasteiger partial charge on any atom is 0.254 e. The normalized spacial score (nSPS) is 15.7. The molecular weight excluding hydrogens is 276 g/mol. The standard InChI is InChI=1S/C18H26N2O2/c1-4-10-19-17(21)15-8-11-20(12-9-15)18(22)16-7-5-6-13(2)14(16)3/h5-7,15H,4,8-12H2,1-3H3,(H,19,21). The molecule has 1 saturated heterocycles. The van der Waals surface area contributed by atoms with Crippen LogP contribution >= 0.6 is 0 Å². The van der Waals surface area contributed by atoms with Crippen LogP contribution in [0.5, 0.6) is 0 Å². The zero-order valence-electron chi connectivity index (χ0n) is 13.8. The van der Waals surface area contributed by atoms with E-state index in [-0.39, 0.29) is 17.7 Å². The molecule has 0 atom stereocenters. The van der Waals surface area contributed by atoms with Crippen molar-refractivity contribution in [2.75, 3.05) is 19.6 Å². The highest BCUT2D eigenvalue weighted by molar-refractivity contribution is 5.96. The number of aryl methyl sites for hydroxylation is 1. The first-order valence-electron chi connectivity index (χ1n) is 8.17. The molecule has 0 saturated carbocycles. The summed E-state index contributed by atoms with van der Waals surface area (Å²) in [5.74, 6) is 0.281. The first-order valence-corrected chi connectivity index (χ1v) is 8.17. The number of hydrogen-bond acceptors (Lipinski definition) is 2. The summed E-state index contributed by atoms with van der Waals surface area (Å²) in [4.78, 5) is 26.5. The summed E-state index contributed by atoms with van der Waals surface area (Å²) in [6, 6.07) is 5.85. The minimum absolute atomic E-state index is 0.0502. The third-order valence-electron chi connectivity index (χ3n) is 4.54. The summed E-state index contributed by atoms with van der Waals surface area (Å²) >= 11 is 0. The zero-order chi connectivity index (χ0) is 16.1. The summed E-state index contributed by atoms with van der Waals surface area (Å²) in [6.07, 6.45) is 2.47. The SMILES string of the molecule is CCCNC(=O)C1CCN(C(=O)c2cccc(C)c2C)CC1. The van der Waals surface area contributed by atoms with Gasteiger partial charge in [-0.2, -0.15) is 0 Å². The number of likely N-dealkylation sites (tertiary alicyclic amines) is 1. The Labute approximate surface area is 132 Å².